The average molecular weight is 1790 g/mol. The summed E-state index contributed by atoms with van der Waals surface area (Å²) in [5.74, 6) is -3.80. The molecule has 6 aliphatic heterocycles. The first-order valence-electron chi connectivity index (χ1n) is 31.6. The molecule has 0 amide bonds. The van der Waals surface area contributed by atoms with Gasteiger partial charge in [-0.2, -0.15) is 21.0 Å². The second-order valence-electron chi connectivity index (χ2n) is 22.8. The summed E-state index contributed by atoms with van der Waals surface area (Å²) in [7, 11) is 7.36. The Kier molecular flexibility index (Phi) is 30.3. The van der Waals surface area contributed by atoms with E-state index in [1.807, 2.05) is 19.9 Å². The molecule has 6 heterocycles. The molecular weight excluding hydrogens is 1730 g/mol. The van der Waals surface area contributed by atoms with Crippen molar-refractivity contribution in [2.45, 2.75) is 139 Å². The number of carbonyl (C=O) groups excluding carboxylic acids is 2. The highest BCUT2D eigenvalue weighted by Crippen LogP contribution is 2.55. The van der Waals surface area contributed by atoms with Gasteiger partial charge in [0.25, 0.3) is 0 Å². The summed E-state index contributed by atoms with van der Waals surface area (Å²) < 4.78 is 218. The number of ketones is 1. The summed E-state index contributed by atoms with van der Waals surface area (Å²) in [6.07, 6.45) is -18.0. The van der Waals surface area contributed by atoms with Crippen molar-refractivity contribution in [2.24, 2.45) is 0 Å². The average Bonchev–Trinajstić information content (AvgIpc) is 1.60. The standard InChI is InChI=1S/C12H9F2NO4.C11H7F2NO2.2C11H8F2O4.C9H5F2NO2.C7H3BrF2O2.C4H5NO.C2H4BrCl.C2H6.Cl2OS/c1-2-17-11(16)8(6-15)7-3-4-9-10(5-7)19-12(13,14)18-9;12-11(13)15-8-2-1-7(5-9(8)16-11)10(6-14)3-4-10;2*12-11(13)16-7-2-1-6(5-8(7)17-11)10(3-4-10)9(14)15;10-9(11)13-7-2-1-6(3-4-12)5-8(7)14-9;8-4-1-2-5-6(3-4)12-7(9,10)11-5;1-4(6)2-3-5;3-1-2-4;1-2;1-4(2)3/h3-5,8H,2H2,1H3;1-2,5H,3-4H2;2*1-2,5H,3-4H2,(H,14,15);1-2,5H,3H2;1-3H;2H2,1H3;1-2H2;1-2H3;. The molecular formula is C69H55Br2Cl3F12N4O20S. The molecule has 3 saturated carbocycles. The number of nitriles is 4. The van der Waals surface area contributed by atoms with E-state index in [9.17, 15) is 71.9 Å². The second kappa shape index (κ2) is 37.4. The molecule has 1 atom stereocenters. The minimum Gasteiger partial charge on any atom is -0.481 e. The lowest BCUT2D eigenvalue weighted by Gasteiger charge is -2.10. The van der Waals surface area contributed by atoms with E-state index >= 15 is 0 Å². The summed E-state index contributed by atoms with van der Waals surface area (Å²) in [4.78, 5) is 43.5. The first-order valence-corrected chi connectivity index (χ1v) is 36.8. The van der Waals surface area contributed by atoms with Crippen molar-refractivity contribution in [1.29, 1.82) is 21.0 Å². The molecule has 15 rings (SSSR count). The van der Waals surface area contributed by atoms with Crippen LogP contribution >= 0.6 is 64.8 Å². The fourth-order valence-electron chi connectivity index (χ4n) is 9.69. The van der Waals surface area contributed by atoms with E-state index in [2.05, 4.69) is 116 Å². The van der Waals surface area contributed by atoms with Crippen LogP contribution < -0.4 is 56.8 Å². The topological polar surface area (TPSA) is 341 Å². The molecule has 0 saturated heterocycles. The zero-order valence-electron chi connectivity index (χ0n) is 57.1. The maximum Gasteiger partial charge on any atom is 0.586 e. The molecule has 6 aromatic carbocycles. The smallest absolute Gasteiger partial charge is 0.481 e. The molecule has 0 spiro atoms. The van der Waals surface area contributed by atoms with Crippen LogP contribution in [0.1, 0.15) is 106 Å². The van der Waals surface area contributed by atoms with E-state index in [0.717, 1.165) is 23.7 Å². The number of nitrogens with zero attached hydrogens (tertiary/aromatic N) is 4. The minimum absolute atomic E-state index is 0.00307. The van der Waals surface area contributed by atoms with Gasteiger partial charge in [0.05, 0.1) is 60.0 Å². The van der Waals surface area contributed by atoms with E-state index < -0.39 is 87.1 Å². The summed E-state index contributed by atoms with van der Waals surface area (Å²) >= 11 is 11.4. The molecule has 596 valence electrons. The van der Waals surface area contributed by atoms with Crippen LogP contribution in [0.25, 0.3) is 0 Å². The number of fused-ring (bicyclic) bond motifs is 6. The van der Waals surface area contributed by atoms with Crippen LogP contribution in [0.15, 0.2) is 114 Å². The second-order valence-corrected chi connectivity index (χ2v) is 27.4. The van der Waals surface area contributed by atoms with Crippen molar-refractivity contribution in [1.82, 2.24) is 0 Å². The van der Waals surface area contributed by atoms with Crippen LogP contribution in [0, 0.1) is 45.3 Å². The Hall–Kier alpha value is -9.90. The van der Waals surface area contributed by atoms with Crippen molar-refractivity contribution in [3.8, 4) is 93.3 Å². The molecule has 24 nitrogen and oxygen atoms in total. The summed E-state index contributed by atoms with van der Waals surface area (Å²) in [6.45, 7) is 7.12. The number of aliphatic carboxylic acids is 2. The minimum atomic E-state index is -3.73. The van der Waals surface area contributed by atoms with E-state index in [-0.39, 0.29) is 99.8 Å². The Balaban J connectivity index is 0.000000201. The van der Waals surface area contributed by atoms with Gasteiger partial charge >= 0.3 is 55.7 Å². The SMILES string of the molecule is CC.CC(=O)CC#N.CCOC(=O)C(C#N)c1ccc2c(c1)OC(F)(F)O2.ClCCBr.FC1(F)Oc2ccc(Br)cc2O1.N#CC1(c2ccc3c(c2)OC(F)(F)O3)CC1.N#CCc1ccc2c(c1)OC(F)(F)O2.O=C(O)C1(c2ccc3c(c2)OC(F)(F)O3)CC1.O=C(O)C1(c2ccc3c(c2)OC(F)(F)O3)CC1.O=S(Cl)Cl. The first kappa shape index (κ1) is 90.0. The van der Waals surface area contributed by atoms with Gasteiger partial charge in [-0.1, -0.05) is 76.0 Å². The van der Waals surface area contributed by atoms with Gasteiger partial charge < -0.3 is 71.8 Å². The summed E-state index contributed by atoms with van der Waals surface area (Å²) in [5, 5.41) is 53.2. The first-order chi connectivity index (χ1) is 52.0. The quantitative estimate of drug-likeness (QED) is 0.0526. The van der Waals surface area contributed by atoms with Gasteiger partial charge in [0, 0.05) is 37.0 Å². The van der Waals surface area contributed by atoms with Gasteiger partial charge in [0.1, 0.15) is 5.78 Å². The molecule has 6 aromatic rings. The molecule has 3 aliphatic carbocycles. The van der Waals surface area contributed by atoms with E-state index in [1.165, 1.54) is 97.9 Å². The predicted molar refractivity (Wildman–Crippen MR) is 368 cm³/mol. The highest BCUT2D eigenvalue weighted by molar-refractivity contribution is 9.10. The van der Waals surface area contributed by atoms with Crippen LogP contribution in [0.3, 0.4) is 0 Å². The summed E-state index contributed by atoms with van der Waals surface area (Å²) in [6, 6.07) is 32.8. The lowest BCUT2D eigenvalue weighted by atomic mass is 9.96. The number of benzene rings is 6. The molecule has 3 fully saturated rings. The largest absolute Gasteiger partial charge is 0.586 e. The number of halogens is 17. The van der Waals surface area contributed by atoms with Crippen molar-refractivity contribution >= 4 is 97.7 Å². The van der Waals surface area contributed by atoms with Gasteiger partial charge in [-0.05, 0) is 159 Å². The van der Waals surface area contributed by atoms with Crippen LogP contribution in [-0.2, 0) is 55.8 Å². The third kappa shape index (κ3) is 25.1. The number of carboxylic acid groups (broad SMARTS) is 2. The van der Waals surface area contributed by atoms with E-state index in [1.54, 1.807) is 37.3 Å². The van der Waals surface area contributed by atoms with Gasteiger partial charge in [0.2, 0.25) is 9.23 Å². The molecule has 9 aliphatic rings. The zero-order chi connectivity index (χ0) is 82.9. The number of carbonyl (C=O) groups is 4. The number of hydrogen-bond acceptors (Lipinski definition) is 22. The number of rotatable bonds is 11. The molecule has 42 heteroatoms. The summed E-state index contributed by atoms with van der Waals surface area (Å²) in [5.41, 5.74) is 0.127. The molecule has 111 heavy (non-hydrogen) atoms. The Morgan fingerprint density at radius 2 is 0.820 bits per heavy atom. The van der Waals surface area contributed by atoms with Gasteiger partial charge in [-0.25, -0.2) is 4.21 Å². The number of carboxylic acids is 2. The zero-order valence-corrected chi connectivity index (χ0v) is 63.4. The molecule has 0 radical (unpaired) electrons. The number of esters is 1. The van der Waals surface area contributed by atoms with Crippen molar-refractivity contribution < 1.29 is 148 Å². The maximum absolute atomic E-state index is 12.8. The van der Waals surface area contributed by atoms with Crippen LogP contribution in [-0.4, -0.2) is 93.7 Å². The van der Waals surface area contributed by atoms with E-state index in [4.69, 9.17) is 51.8 Å². The van der Waals surface area contributed by atoms with Crippen LogP contribution in [0.5, 0.6) is 69.0 Å². The highest BCUT2D eigenvalue weighted by atomic mass is 79.9. The molecule has 0 bridgehead atoms. The molecule has 0 aromatic heterocycles. The van der Waals surface area contributed by atoms with Crippen LogP contribution in [0.4, 0.5) is 52.7 Å². The fourth-order valence-corrected chi connectivity index (χ4v) is 10.0. The molecule has 2 N–H and O–H groups in total. The van der Waals surface area contributed by atoms with Crippen molar-refractivity contribution in [2.75, 3.05) is 17.8 Å². The highest BCUT2D eigenvalue weighted by Gasteiger charge is 2.55. The number of hydrogen-bond donors (Lipinski definition) is 2. The predicted octanol–water partition coefficient (Wildman–Crippen LogP) is 18.0. The lowest BCUT2D eigenvalue weighted by molar-refractivity contribution is -0.287. The maximum atomic E-state index is 12.8. The van der Waals surface area contributed by atoms with E-state index in [0.29, 0.717) is 52.7 Å². The van der Waals surface area contributed by atoms with Gasteiger partial charge in [-0.15, -0.1) is 64.3 Å². The number of alkyl halides is 14. The van der Waals surface area contributed by atoms with Crippen LogP contribution in [0.2, 0.25) is 0 Å². The number of ether oxygens (including phenoxy) is 13. The fraction of sp³-hybridized carbons (Fsp3) is 0.362. The lowest BCUT2D eigenvalue weighted by Crippen LogP contribution is -2.26. The Morgan fingerprint density at radius 3 is 1.12 bits per heavy atom. The van der Waals surface area contributed by atoms with Crippen molar-refractivity contribution in [3.05, 3.63) is 141 Å². The van der Waals surface area contributed by atoms with Gasteiger partial charge in [-0.3, -0.25) is 19.2 Å². The molecule has 1 unspecified atom stereocenters. The third-order valence-corrected chi connectivity index (χ3v) is 16.6. The van der Waals surface area contributed by atoms with Gasteiger partial charge in [0.15, 0.2) is 74.9 Å². The Labute approximate surface area is 654 Å². The normalized spacial score (nSPS) is 17.9. The van der Waals surface area contributed by atoms with Crippen molar-refractivity contribution in [3.63, 3.8) is 0 Å². The Bertz CT molecular complexity index is 4500. The Morgan fingerprint density at radius 1 is 0.505 bits per heavy atom. The third-order valence-electron chi connectivity index (χ3n) is 15.1. The number of Topliss-reactive ketones (excluding diaryl/α,β-unsaturated/α-hetero) is 1. The monoisotopic (exact) mass is 1780 g/mol.